The summed E-state index contributed by atoms with van der Waals surface area (Å²) in [7, 11) is 1.34. The molecule has 0 aliphatic carbocycles. The molecule has 2 aromatic heterocycles. The summed E-state index contributed by atoms with van der Waals surface area (Å²) in [6.07, 6.45) is 5.62. The van der Waals surface area contributed by atoms with Gasteiger partial charge in [-0.05, 0) is 30.0 Å². The van der Waals surface area contributed by atoms with E-state index in [1.165, 1.54) is 18.4 Å². The smallest absolute Gasteiger partial charge is 0.338 e. The number of carbonyl (C=O) groups is 1. The largest absolute Gasteiger partial charge is 0.466 e. The van der Waals surface area contributed by atoms with Crippen LogP contribution in [0.25, 0.3) is 12.2 Å². The number of ether oxygens (including phenoxy) is 1. The summed E-state index contributed by atoms with van der Waals surface area (Å²) in [6, 6.07) is 13.1. The summed E-state index contributed by atoms with van der Waals surface area (Å²) >= 11 is 2.89. The Bertz CT molecular complexity index is 1280. The van der Waals surface area contributed by atoms with Crippen LogP contribution in [0.1, 0.15) is 23.4 Å². The zero-order chi connectivity index (χ0) is 20.4. The number of methoxy groups -OCH3 is 1. The molecule has 0 saturated heterocycles. The number of aromatic nitrogens is 1. The van der Waals surface area contributed by atoms with Crippen LogP contribution in [0.4, 0.5) is 0 Å². The molecule has 5 nitrogen and oxygen atoms in total. The molecular formula is C22H18N2O3S2. The van der Waals surface area contributed by atoms with Gasteiger partial charge in [0, 0.05) is 4.88 Å². The number of rotatable bonds is 4. The van der Waals surface area contributed by atoms with Crippen LogP contribution in [0.3, 0.4) is 0 Å². The fourth-order valence-corrected chi connectivity index (χ4v) is 4.96. The van der Waals surface area contributed by atoms with Crippen molar-refractivity contribution in [2.24, 2.45) is 4.99 Å². The van der Waals surface area contributed by atoms with Gasteiger partial charge in [0.2, 0.25) is 0 Å². The Kier molecular flexibility index (Phi) is 5.42. The fraction of sp³-hybridized carbons (Fsp3) is 0.136. The molecule has 1 aliphatic rings. The predicted octanol–water partition coefficient (Wildman–Crippen LogP) is 3.13. The molecule has 0 saturated carbocycles. The van der Waals surface area contributed by atoms with Crippen LogP contribution in [0.5, 0.6) is 0 Å². The zero-order valence-electron chi connectivity index (χ0n) is 15.9. The maximum atomic E-state index is 13.2. The van der Waals surface area contributed by atoms with Gasteiger partial charge in [-0.15, -0.1) is 11.3 Å². The number of allylic oxidation sites excluding steroid dienone is 2. The second-order valence-electron chi connectivity index (χ2n) is 6.40. The lowest BCUT2D eigenvalue weighted by atomic mass is 10.0. The first-order valence-corrected chi connectivity index (χ1v) is 10.7. The van der Waals surface area contributed by atoms with Crippen molar-refractivity contribution in [3.63, 3.8) is 0 Å². The minimum atomic E-state index is -0.579. The second kappa shape index (κ2) is 8.14. The molecule has 0 bridgehead atoms. The molecule has 0 radical (unpaired) electrons. The van der Waals surface area contributed by atoms with Crippen LogP contribution in [0, 0.1) is 0 Å². The number of hydrogen-bond acceptors (Lipinski definition) is 6. The average Bonchev–Trinajstić information content (AvgIpc) is 3.34. The first-order chi connectivity index (χ1) is 14.1. The first kappa shape index (κ1) is 19.3. The van der Waals surface area contributed by atoms with E-state index in [0.29, 0.717) is 20.6 Å². The van der Waals surface area contributed by atoms with Crippen LogP contribution in [-0.4, -0.2) is 17.6 Å². The molecule has 29 heavy (non-hydrogen) atoms. The van der Waals surface area contributed by atoms with E-state index in [1.54, 1.807) is 22.8 Å². The summed E-state index contributed by atoms with van der Waals surface area (Å²) in [5.41, 5.74) is 1.74. The van der Waals surface area contributed by atoms with Gasteiger partial charge in [-0.25, -0.2) is 9.79 Å². The molecule has 1 atom stereocenters. The van der Waals surface area contributed by atoms with Crippen molar-refractivity contribution in [2.75, 3.05) is 7.11 Å². The molecular weight excluding hydrogens is 404 g/mol. The first-order valence-electron chi connectivity index (χ1n) is 8.96. The van der Waals surface area contributed by atoms with Crippen molar-refractivity contribution < 1.29 is 9.53 Å². The third-order valence-electron chi connectivity index (χ3n) is 4.56. The van der Waals surface area contributed by atoms with Crippen molar-refractivity contribution >= 4 is 40.8 Å². The lowest BCUT2D eigenvalue weighted by Gasteiger charge is -2.21. The Morgan fingerprint density at radius 2 is 2.00 bits per heavy atom. The lowest BCUT2D eigenvalue weighted by Crippen LogP contribution is -2.38. The summed E-state index contributed by atoms with van der Waals surface area (Å²) in [4.78, 5) is 31.8. The van der Waals surface area contributed by atoms with Gasteiger partial charge >= 0.3 is 5.97 Å². The molecule has 3 aromatic rings. The summed E-state index contributed by atoms with van der Waals surface area (Å²) in [5.74, 6) is -0.485. The fourth-order valence-electron chi connectivity index (χ4n) is 3.19. The quantitative estimate of drug-likeness (QED) is 0.607. The topological polar surface area (TPSA) is 60.7 Å². The van der Waals surface area contributed by atoms with Crippen LogP contribution < -0.4 is 14.9 Å². The average molecular weight is 423 g/mol. The van der Waals surface area contributed by atoms with Gasteiger partial charge in [0.25, 0.3) is 5.56 Å². The highest BCUT2D eigenvalue weighted by molar-refractivity contribution is 7.11. The minimum Gasteiger partial charge on any atom is -0.466 e. The molecule has 0 spiro atoms. The summed E-state index contributed by atoms with van der Waals surface area (Å²) < 4.78 is 7.14. The van der Waals surface area contributed by atoms with Crippen LogP contribution in [-0.2, 0) is 9.53 Å². The van der Waals surface area contributed by atoms with E-state index in [2.05, 4.69) is 4.99 Å². The summed E-state index contributed by atoms with van der Waals surface area (Å²) in [5, 5.41) is 1.97. The highest BCUT2D eigenvalue weighted by Gasteiger charge is 2.29. The standard InChI is InChI=1S/C22H18N2O3S2/c1-14-19(21(26)27-2)17(11-10-15-7-4-3-5-8-15)24-20(25)18(29-22(24)23-14)13-16-9-6-12-28-16/h3-13,17H,1-2H3/b11-10+,18-13?. The van der Waals surface area contributed by atoms with Gasteiger partial charge in [-0.3, -0.25) is 9.36 Å². The number of fused-ring (bicyclic) bond motifs is 1. The maximum absolute atomic E-state index is 13.2. The van der Waals surface area contributed by atoms with E-state index >= 15 is 0 Å². The normalized spacial score (nSPS) is 16.8. The lowest BCUT2D eigenvalue weighted by molar-refractivity contribution is -0.136. The van der Waals surface area contributed by atoms with Crippen LogP contribution >= 0.6 is 22.7 Å². The number of benzene rings is 1. The number of thiazole rings is 1. The van der Waals surface area contributed by atoms with E-state index in [1.807, 2.05) is 66.1 Å². The summed E-state index contributed by atoms with van der Waals surface area (Å²) in [6.45, 7) is 1.77. The Balaban J connectivity index is 1.89. The molecule has 1 aromatic carbocycles. The third-order valence-corrected chi connectivity index (χ3v) is 6.36. The molecule has 7 heteroatoms. The van der Waals surface area contributed by atoms with E-state index < -0.39 is 12.0 Å². The Morgan fingerprint density at radius 3 is 2.69 bits per heavy atom. The van der Waals surface area contributed by atoms with Gasteiger partial charge in [0.1, 0.15) is 0 Å². The molecule has 0 fully saturated rings. The highest BCUT2D eigenvalue weighted by atomic mass is 32.1. The van der Waals surface area contributed by atoms with E-state index in [4.69, 9.17) is 4.74 Å². The molecule has 1 aliphatic heterocycles. The predicted molar refractivity (Wildman–Crippen MR) is 116 cm³/mol. The van der Waals surface area contributed by atoms with E-state index in [-0.39, 0.29) is 5.56 Å². The maximum Gasteiger partial charge on any atom is 0.338 e. The Labute approximate surface area is 175 Å². The second-order valence-corrected chi connectivity index (χ2v) is 8.39. The number of hydrogen-bond donors (Lipinski definition) is 0. The number of thiophene rings is 1. The van der Waals surface area contributed by atoms with Gasteiger partial charge < -0.3 is 4.74 Å². The van der Waals surface area contributed by atoms with Crippen LogP contribution in [0.15, 0.2) is 75.0 Å². The minimum absolute atomic E-state index is 0.168. The molecule has 146 valence electrons. The number of esters is 1. The monoisotopic (exact) mass is 422 g/mol. The third kappa shape index (κ3) is 3.79. The van der Waals surface area contributed by atoms with Gasteiger partial charge in [0.15, 0.2) is 4.80 Å². The molecule has 0 amide bonds. The van der Waals surface area contributed by atoms with E-state index in [9.17, 15) is 9.59 Å². The molecule has 0 N–H and O–H groups in total. The zero-order valence-corrected chi connectivity index (χ0v) is 17.5. The van der Waals surface area contributed by atoms with E-state index in [0.717, 1.165) is 10.4 Å². The van der Waals surface area contributed by atoms with Gasteiger partial charge in [0.05, 0.1) is 29.0 Å². The van der Waals surface area contributed by atoms with Gasteiger partial charge in [-0.2, -0.15) is 0 Å². The Morgan fingerprint density at radius 1 is 1.21 bits per heavy atom. The molecule has 1 unspecified atom stereocenters. The Hall–Kier alpha value is -3.03. The number of nitrogens with zero attached hydrogens (tertiary/aromatic N) is 2. The highest BCUT2D eigenvalue weighted by Crippen LogP contribution is 2.26. The van der Waals surface area contributed by atoms with Gasteiger partial charge in [-0.1, -0.05) is 59.9 Å². The van der Waals surface area contributed by atoms with Crippen molar-refractivity contribution in [1.29, 1.82) is 0 Å². The molecule has 4 rings (SSSR count). The van der Waals surface area contributed by atoms with Crippen molar-refractivity contribution in [2.45, 2.75) is 13.0 Å². The van der Waals surface area contributed by atoms with Crippen molar-refractivity contribution in [3.8, 4) is 0 Å². The van der Waals surface area contributed by atoms with Crippen molar-refractivity contribution in [3.05, 3.63) is 95.3 Å². The SMILES string of the molecule is COC(=O)C1=C(C)N=c2sc(=Cc3cccs3)c(=O)n2C1/C=C/c1ccccc1. The van der Waals surface area contributed by atoms with Crippen molar-refractivity contribution in [1.82, 2.24) is 4.57 Å². The van der Waals surface area contributed by atoms with Crippen LogP contribution in [0.2, 0.25) is 0 Å². The molecule has 3 heterocycles. The number of carbonyl (C=O) groups excluding carboxylic acids is 1.